The van der Waals surface area contributed by atoms with Crippen molar-refractivity contribution < 1.29 is 43.5 Å². The molecule has 1 heterocycles. The number of fused-ring (bicyclic) bond motifs is 1. The molecule has 1 aromatic carbocycles. The van der Waals surface area contributed by atoms with Crippen molar-refractivity contribution in [3.05, 3.63) is 23.3 Å². The molecule has 6 nitrogen and oxygen atoms in total. The standard InChI is InChI=1S/C10H6F5NO5S/c1-3(10(13,14)15)16-9(17)4-2-5(11)7-8(6(4)12)21-22(18,19)20-7/h2-3H,1H3,(H,16,17)/t3-/m0/s1. The van der Waals surface area contributed by atoms with Crippen molar-refractivity contribution >= 4 is 16.3 Å². The number of alkyl halides is 3. The van der Waals surface area contributed by atoms with Crippen molar-refractivity contribution in [1.82, 2.24) is 5.32 Å². The van der Waals surface area contributed by atoms with Crippen LogP contribution in [0, 0.1) is 11.6 Å². The second-order valence-electron chi connectivity index (χ2n) is 4.19. The van der Waals surface area contributed by atoms with E-state index in [9.17, 15) is 35.2 Å². The minimum Gasteiger partial charge on any atom is -0.345 e. The monoisotopic (exact) mass is 347 g/mol. The van der Waals surface area contributed by atoms with E-state index in [1.165, 1.54) is 5.32 Å². The molecule has 0 aliphatic carbocycles. The average molecular weight is 347 g/mol. The van der Waals surface area contributed by atoms with E-state index in [2.05, 4.69) is 8.37 Å². The molecule has 2 rings (SSSR count). The molecule has 1 aliphatic rings. The highest BCUT2D eigenvalue weighted by Crippen LogP contribution is 2.41. The van der Waals surface area contributed by atoms with Gasteiger partial charge in [-0.1, -0.05) is 0 Å². The summed E-state index contributed by atoms with van der Waals surface area (Å²) in [6.07, 6.45) is -4.80. The largest absolute Gasteiger partial charge is 0.501 e. The number of nitrogens with one attached hydrogen (secondary N) is 1. The van der Waals surface area contributed by atoms with Gasteiger partial charge in [-0.2, -0.15) is 13.2 Å². The van der Waals surface area contributed by atoms with E-state index in [-0.39, 0.29) is 6.07 Å². The molecule has 1 aliphatic heterocycles. The molecule has 122 valence electrons. The van der Waals surface area contributed by atoms with E-state index < -0.39 is 57.2 Å². The van der Waals surface area contributed by atoms with Crippen LogP contribution >= 0.6 is 0 Å². The van der Waals surface area contributed by atoms with Crippen molar-refractivity contribution in [3.63, 3.8) is 0 Å². The van der Waals surface area contributed by atoms with Gasteiger partial charge in [0, 0.05) is 0 Å². The highest BCUT2D eigenvalue weighted by atomic mass is 32.3. The number of carbonyl (C=O) groups is 1. The second kappa shape index (κ2) is 4.97. The fraction of sp³-hybridized carbons (Fsp3) is 0.300. The van der Waals surface area contributed by atoms with Crippen LogP contribution in [-0.2, 0) is 10.4 Å². The Morgan fingerprint density at radius 2 is 1.77 bits per heavy atom. The minimum atomic E-state index is -4.80. The Kier molecular flexibility index (Phi) is 3.67. The van der Waals surface area contributed by atoms with E-state index in [1.807, 2.05) is 0 Å². The Morgan fingerprint density at radius 1 is 1.23 bits per heavy atom. The van der Waals surface area contributed by atoms with E-state index in [0.717, 1.165) is 0 Å². The molecule has 22 heavy (non-hydrogen) atoms. The van der Waals surface area contributed by atoms with Crippen molar-refractivity contribution in [2.45, 2.75) is 19.1 Å². The topological polar surface area (TPSA) is 81.7 Å². The van der Waals surface area contributed by atoms with Crippen LogP contribution in [-0.4, -0.2) is 26.5 Å². The van der Waals surface area contributed by atoms with Crippen molar-refractivity contribution in [2.75, 3.05) is 0 Å². The summed E-state index contributed by atoms with van der Waals surface area (Å²) in [5, 5.41) is 1.40. The van der Waals surface area contributed by atoms with Crippen molar-refractivity contribution in [3.8, 4) is 11.5 Å². The van der Waals surface area contributed by atoms with Gasteiger partial charge < -0.3 is 13.7 Å². The number of hydrogen-bond acceptors (Lipinski definition) is 5. The average Bonchev–Trinajstić information content (AvgIpc) is 2.69. The van der Waals surface area contributed by atoms with Gasteiger partial charge in [0.15, 0.2) is 11.6 Å². The number of amides is 1. The van der Waals surface area contributed by atoms with Gasteiger partial charge in [0.25, 0.3) is 5.91 Å². The van der Waals surface area contributed by atoms with E-state index in [0.29, 0.717) is 6.92 Å². The van der Waals surface area contributed by atoms with Gasteiger partial charge >= 0.3 is 16.6 Å². The number of benzene rings is 1. The molecule has 1 aromatic rings. The first kappa shape index (κ1) is 16.3. The third kappa shape index (κ3) is 2.91. The van der Waals surface area contributed by atoms with Gasteiger partial charge in [-0.25, -0.2) is 8.78 Å². The maximum Gasteiger partial charge on any atom is 0.501 e. The van der Waals surface area contributed by atoms with Crippen LogP contribution in [0.2, 0.25) is 0 Å². The third-order valence-electron chi connectivity index (χ3n) is 2.58. The first-order valence-electron chi connectivity index (χ1n) is 5.46. The smallest absolute Gasteiger partial charge is 0.345 e. The Balaban J connectivity index is 2.39. The lowest BCUT2D eigenvalue weighted by Crippen LogP contribution is -2.43. The lowest BCUT2D eigenvalue weighted by atomic mass is 10.1. The number of carbonyl (C=O) groups excluding carboxylic acids is 1. The summed E-state index contributed by atoms with van der Waals surface area (Å²) in [5.41, 5.74) is -1.16. The maximum atomic E-state index is 13.9. The molecule has 0 spiro atoms. The number of halogens is 5. The van der Waals surface area contributed by atoms with Crippen molar-refractivity contribution in [2.24, 2.45) is 0 Å². The zero-order chi connectivity index (χ0) is 16.9. The molecular weight excluding hydrogens is 341 g/mol. The van der Waals surface area contributed by atoms with Gasteiger partial charge in [0.05, 0.1) is 5.56 Å². The van der Waals surface area contributed by atoms with Gasteiger partial charge in [0.2, 0.25) is 11.5 Å². The maximum absolute atomic E-state index is 13.9. The van der Waals surface area contributed by atoms with Gasteiger partial charge in [0.1, 0.15) is 6.04 Å². The molecule has 0 unspecified atom stereocenters. The van der Waals surface area contributed by atoms with Crippen LogP contribution in [0.4, 0.5) is 22.0 Å². The zero-order valence-corrected chi connectivity index (χ0v) is 11.3. The van der Waals surface area contributed by atoms with E-state index in [1.54, 1.807) is 0 Å². The molecule has 0 aromatic heterocycles. The molecular formula is C10H6F5NO5S. The summed E-state index contributed by atoms with van der Waals surface area (Å²) in [6.45, 7) is 0.587. The SMILES string of the molecule is C[C@H](NC(=O)c1cc(F)c2c(c1F)OS(=O)(=O)O2)C(F)(F)F. The number of rotatable bonds is 2. The molecule has 0 radical (unpaired) electrons. The first-order chi connectivity index (χ1) is 9.92. The predicted octanol–water partition coefficient (Wildman–Crippen LogP) is 1.66. The lowest BCUT2D eigenvalue weighted by Gasteiger charge is -2.17. The van der Waals surface area contributed by atoms with E-state index in [4.69, 9.17) is 0 Å². The second-order valence-corrected chi connectivity index (χ2v) is 5.34. The summed E-state index contributed by atoms with van der Waals surface area (Å²) >= 11 is 0. The highest BCUT2D eigenvalue weighted by molar-refractivity contribution is 7.82. The minimum absolute atomic E-state index is 0.205. The van der Waals surface area contributed by atoms with E-state index >= 15 is 0 Å². The molecule has 1 amide bonds. The lowest BCUT2D eigenvalue weighted by molar-refractivity contribution is -0.149. The summed E-state index contributed by atoms with van der Waals surface area (Å²) in [6, 6.07) is -2.13. The Hall–Kier alpha value is -2.11. The summed E-state index contributed by atoms with van der Waals surface area (Å²) in [5.74, 6) is -7.09. The number of hydrogen-bond donors (Lipinski definition) is 1. The summed E-state index contributed by atoms with van der Waals surface area (Å²) < 4.78 is 94.4. The fourth-order valence-corrected chi connectivity index (χ4v) is 2.23. The van der Waals surface area contributed by atoms with Crippen LogP contribution in [0.25, 0.3) is 0 Å². The van der Waals surface area contributed by atoms with Crippen LogP contribution in [0.15, 0.2) is 6.07 Å². The fourth-order valence-electron chi connectivity index (χ4n) is 1.48. The zero-order valence-electron chi connectivity index (χ0n) is 10.5. The molecule has 12 heteroatoms. The van der Waals surface area contributed by atoms with Crippen molar-refractivity contribution in [1.29, 1.82) is 0 Å². The van der Waals surface area contributed by atoms with Crippen LogP contribution in [0.5, 0.6) is 11.5 Å². The normalized spacial score (nSPS) is 17.2. The molecule has 0 bridgehead atoms. The van der Waals surface area contributed by atoms with Crippen LogP contribution in [0.1, 0.15) is 17.3 Å². The van der Waals surface area contributed by atoms with Gasteiger partial charge in [-0.05, 0) is 13.0 Å². The molecule has 0 fully saturated rings. The molecule has 0 saturated carbocycles. The third-order valence-corrected chi connectivity index (χ3v) is 3.33. The van der Waals surface area contributed by atoms with Gasteiger partial charge in [-0.15, -0.1) is 8.42 Å². The Bertz CT molecular complexity index is 745. The van der Waals surface area contributed by atoms with Crippen LogP contribution < -0.4 is 13.7 Å². The molecule has 1 atom stereocenters. The summed E-state index contributed by atoms with van der Waals surface area (Å²) in [4.78, 5) is 11.6. The Morgan fingerprint density at radius 3 is 2.32 bits per heavy atom. The van der Waals surface area contributed by atoms with Gasteiger partial charge in [-0.3, -0.25) is 4.79 Å². The molecule has 1 N–H and O–H groups in total. The Labute approximate surface area is 120 Å². The molecule has 0 saturated heterocycles. The predicted molar refractivity (Wildman–Crippen MR) is 59.5 cm³/mol. The quantitative estimate of drug-likeness (QED) is 0.823. The summed E-state index contributed by atoms with van der Waals surface area (Å²) in [7, 11) is -4.73. The highest BCUT2D eigenvalue weighted by Gasteiger charge is 2.40. The first-order valence-corrected chi connectivity index (χ1v) is 6.79. The van der Waals surface area contributed by atoms with Crippen LogP contribution in [0.3, 0.4) is 0 Å².